The zero-order valence-electron chi connectivity index (χ0n) is 10.2. The summed E-state index contributed by atoms with van der Waals surface area (Å²) >= 11 is 15.0. The van der Waals surface area contributed by atoms with Crippen LogP contribution in [0.5, 0.6) is 0 Å². The molecule has 0 bridgehead atoms. The summed E-state index contributed by atoms with van der Waals surface area (Å²) in [6, 6.07) is 4.40. The zero-order chi connectivity index (χ0) is 13.1. The molecule has 0 saturated heterocycles. The molecule has 2 N–H and O–H groups in total. The fourth-order valence-corrected chi connectivity index (χ4v) is 3.15. The van der Waals surface area contributed by atoms with Crippen LogP contribution >= 0.6 is 39.7 Å². The molecular formula is C13H16BrClN2S. The molecule has 0 radical (unpaired) electrons. The minimum Gasteiger partial charge on any atom is -0.360 e. The summed E-state index contributed by atoms with van der Waals surface area (Å²) in [6.45, 7) is 1.98. The molecule has 1 aromatic carbocycles. The van der Waals surface area contributed by atoms with E-state index in [2.05, 4.69) is 26.6 Å². The lowest BCUT2D eigenvalue weighted by Gasteiger charge is -2.17. The van der Waals surface area contributed by atoms with Crippen LogP contribution in [0.25, 0.3) is 0 Å². The average molecular weight is 348 g/mol. The van der Waals surface area contributed by atoms with Gasteiger partial charge >= 0.3 is 0 Å². The lowest BCUT2D eigenvalue weighted by molar-refractivity contribution is 0.634. The summed E-state index contributed by atoms with van der Waals surface area (Å²) in [5, 5.41) is 7.95. The molecule has 0 aromatic heterocycles. The number of benzene rings is 1. The number of anilines is 1. The molecule has 1 aromatic rings. The number of thiocarbonyl (C=S) groups is 1. The molecule has 5 heteroatoms. The Bertz CT molecular complexity index is 459. The second kappa shape index (κ2) is 6.22. The highest BCUT2D eigenvalue weighted by Gasteiger charge is 2.16. The Hall–Kier alpha value is -0.320. The highest BCUT2D eigenvalue weighted by atomic mass is 79.9. The Labute approximate surface area is 127 Å². The molecule has 0 atom stereocenters. The molecule has 2 rings (SSSR count). The van der Waals surface area contributed by atoms with Crippen LogP contribution in [0.1, 0.15) is 31.2 Å². The van der Waals surface area contributed by atoms with Crippen molar-refractivity contribution in [3.63, 3.8) is 0 Å². The van der Waals surface area contributed by atoms with E-state index in [1.807, 2.05) is 19.1 Å². The van der Waals surface area contributed by atoms with Crippen molar-refractivity contribution in [2.75, 3.05) is 5.32 Å². The van der Waals surface area contributed by atoms with E-state index in [0.29, 0.717) is 11.2 Å². The van der Waals surface area contributed by atoms with Crippen LogP contribution in [-0.2, 0) is 0 Å². The second-order valence-electron chi connectivity index (χ2n) is 4.66. The van der Waals surface area contributed by atoms with Gasteiger partial charge in [0.05, 0.1) is 5.69 Å². The third kappa shape index (κ3) is 3.59. The predicted molar refractivity (Wildman–Crippen MR) is 85.5 cm³/mol. The number of hydrogen-bond acceptors (Lipinski definition) is 1. The van der Waals surface area contributed by atoms with Crippen molar-refractivity contribution in [3.05, 3.63) is 27.2 Å². The molecule has 0 heterocycles. The molecule has 1 aliphatic rings. The van der Waals surface area contributed by atoms with E-state index in [0.717, 1.165) is 20.7 Å². The number of halogens is 2. The molecule has 0 aliphatic heterocycles. The number of rotatable bonds is 2. The maximum atomic E-state index is 6.12. The average Bonchev–Trinajstić information content (AvgIpc) is 2.78. The van der Waals surface area contributed by atoms with Crippen LogP contribution in [0.4, 0.5) is 5.69 Å². The summed E-state index contributed by atoms with van der Waals surface area (Å²) in [5.41, 5.74) is 1.95. The van der Waals surface area contributed by atoms with E-state index in [-0.39, 0.29) is 0 Å². The summed E-state index contributed by atoms with van der Waals surface area (Å²) in [5.74, 6) is 0. The molecule has 2 nitrogen and oxygen atoms in total. The molecule has 1 fully saturated rings. The first-order valence-corrected chi connectivity index (χ1v) is 7.67. The zero-order valence-corrected chi connectivity index (χ0v) is 13.4. The second-order valence-corrected chi connectivity index (χ2v) is 6.33. The van der Waals surface area contributed by atoms with Gasteiger partial charge < -0.3 is 10.6 Å². The van der Waals surface area contributed by atoms with Gasteiger partial charge in [0.25, 0.3) is 0 Å². The SMILES string of the molecule is Cc1cc(Br)c(NC(=S)NC2CCCC2)cc1Cl. The van der Waals surface area contributed by atoms with E-state index in [1.165, 1.54) is 25.7 Å². The molecule has 18 heavy (non-hydrogen) atoms. The summed E-state index contributed by atoms with van der Waals surface area (Å²) < 4.78 is 0.972. The highest BCUT2D eigenvalue weighted by Crippen LogP contribution is 2.29. The standard InChI is InChI=1S/C13H16BrClN2S/c1-8-6-10(14)12(7-11(8)15)17-13(18)16-9-4-2-3-5-9/h6-7,9H,2-5H2,1H3,(H2,16,17,18). The Balaban J connectivity index is 2.00. The van der Waals surface area contributed by atoms with Crippen molar-refractivity contribution in [3.8, 4) is 0 Å². The Morgan fingerprint density at radius 1 is 1.39 bits per heavy atom. The summed E-state index contributed by atoms with van der Waals surface area (Å²) in [6.07, 6.45) is 5.00. The van der Waals surface area contributed by atoms with E-state index in [4.69, 9.17) is 23.8 Å². The molecular weight excluding hydrogens is 332 g/mol. The number of hydrogen-bond donors (Lipinski definition) is 2. The Kier molecular flexibility index (Phi) is 4.87. The molecule has 1 aliphatic carbocycles. The molecule has 1 saturated carbocycles. The fourth-order valence-electron chi connectivity index (χ4n) is 2.16. The summed E-state index contributed by atoms with van der Waals surface area (Å²) in [4.78, 5) is 0. The van der Waals surface area contributed by atoms with Gasteiger partial charge in [-0.25, -0.2) is 0 Å². The minimum absolute atomic E-state index is 0.518. The van der Waals surface area contributed by atoms with Crippen molar-refractivity contribution < 1.29 is 0 Å². The smallest absolute Gasteiger partial charge is 0.171 e. The topological polar surface area (TPSA) is 24.1 Å². The third-order valence-electron chi connectivity index (χ3n) is 3.19. The van der Waals surface area contributed by atoms with Gasteiger partial charge in [-0.15, -0.1) is 0 Å². The fraction of sp³-hybridized carbons (Fsp3) is 0.462. The van der Waals surface area contributed by atoms with Crippen LogP contribution in [0.15, 0.2) is 16.6 Å². The summed E-state index contributed by atoms with van der Waals surface area (Å²) in [7, 11) is 0. The van der Waals surface area contributed by atoms with E-state index in [9.17, 15) is 0 Å². The first kappa shape index (κ1) is 14.1. The number of nitrogens with one attached hydrogen (secondary N) is 2. The van der Waals surface area contributed by atoms with Gasteiger partial charge in [-0.1, -0.05) is 24.4 Å². The van der Waals surface area contributed by atoms with E-state index in [1.54, 1.807) is 0 Å². The quantitative estimate of drug-likeness (QED) is 0.762. The lowest BCUT2D eigenvalue weighted by atomic mass is 10.2. The van der Waals surface area contributed by atoms with Crippen LogP contribution < -0.4 is 10.6 Å². The van der Waals surface area contributed by atoms with Crippen LogP contribution in [0.2, 0.25) is 5.02 Å². The van der Waals surface area contributed by atoms with Crippen LogP contribution in [-0.4, -0.2) is 11.2 Å². The first-order chi connectivity index (χ1) is 8.56. The van der Waals surface area contributed by atoms with Crippen LogP contribution in [0.3, 0.4) is 0 Å². The maximum Gasteiger partial charge on any atom is 0.171 e. The van der Waals surface area contributed by atoms with Gasteiger partial charge in [-0.3, -0.25) is 0 Å². The minimum atomic E-state index is 0.518. The van der Waals surface area contributed by atoms with Crippen molar-refractivity contribution in [1.29, 1.82) is 0 Å². The largest absolute Gasteiger partial charge is 0.360 e. The molecule has 0 unspecified atom stereocenters. The van der Waals surface area contributed by atoms with Gasteiger partial charge in [0.15, 0.2) is 5.11 Å². The van der Waals surface area contributed by atoms with Crippen molar-refractivity contribution in [2.24, 2.45) is 0 Å². The van der Waals surface area contributed by atoms with Crippen molar-refractivity contribution in [1.82, 2.24) is 5.32 Å². The van der Waals surface area contributed by atoms with Crippen molar-refractivity contribution >= 4 is 50.5 Å². The van der Waals surface area contributed by atoms with E-state index >= 15 is 0 Å². The van der Waals surface area contributed by atoms with Gasteiger partial charge in [0.1, 0.15) is 0 Å². The van der Waals surface area contributed by atoms with Gasteiger partial charge in [-0.2, -0.15) is 0 Å². The molecule has 0 spiro atoms. The highest BCUT2D eigenvalue weighted by molar-refractivity contribution is 9.10. The van der Waals surface area contributed by atoms with Gasteiger partial charge in [0, 0.05) is 15.5 Å². The Morgan fingerprint density at radius 2 is 2.06 bits per heavy atom. The predicted octanol–water partition coefficient (Wildman–Crippen LogP) is 4.64. The Morgan fingerprint density at radius 3 is 2.72 bits per heavy atom. The maximum absolute atomic E-state index is 6.12. The number of aryl methyl sites for hydroxylation is 1. The van der Waals surface area contributed by atoms with E-state index < -0.39 is 0 Å². The van der Waals surface area contributed by atoms with Gasteiger partial charge in [-0.05, 0) is 65.6 Å². The molecule has 0 amide bonds. The third-order valence-corrected chi connectivity index (χ3v) is 4.47. The van der Waals surface area contributed by atoms with Crippen LogP contribution in [0, 0.1) is 6.92 Å². The first-order valence-electron chi connectivity index (χ1n) is 6.09. The van der Waals surface area contributed by atoms with Crippen molar-refractivity contribution in [2.45, 2.75) is 38.6 Å². The molecule has 98 valence electrons. The lowest BCUT2D eigenvalue weighted by Crippen LogP contribution is -2.36. The monoisotopic (exact) mass is 346 g/mol. The van der Waals surface area contributed by atoms with Gasteiger partial charge in [0.2, 0.25) is 0 Å². The normalized spacial score (nSPS) is 15.7.